The number of hydrogen-bond acceptors (Lipinski definition) is 3. The SMILES string of the molecule is O=C(Nc1ccc(OCCOc2cccc(Br)c2)cc1)C1CC1. The predicted octanol–water partition coefficient (Wildman–Crippen LogP) is 4.26. The molecule has 2 aromatic carbocycles. The van der Waals surface area contributed by atoms with Gasteiger partial charge in [0.1, 0.15) is 24.7 Å². The highest BCUT2D eigenvalue weighted by Crippen LogP contribution is 2.30. The van der Waals surface area contributed by atoms with Crippen molar-refractivity contribution in [2.75, 3.05) is 18.5 Å². The van der Waals surface area contributed by atoms with Crippen molar-refractivity contribution >= 4 is 27.5 Å². The molecule has 2 aromatic rings. The van der Waals surface area contributed by atoms with Crippen LogP contribution < -0.4 is 14.8 Å². The number of carbonyl (C=O) groups excluding carboxylic acids is 1. The van der Waals surface area contributed by atoms with Gasteiger partial charge in [-0.15, -0.1) is 0 Å². The van der Waals surface area contributed by atoms with Crippen LogP contribution in [0.15, 0.2) is 53.0 Å². The smallest absolute Gasteiger partial charge is 0.227 e. The molecule has 1 saturated carbocycles. The van der Waals surface area contributed by atoms with Crippen molar-refractivity contribution in [2.45, 2.75) is 12.8 Å². The number of rotatable bonds is 7. The number of nitrogens with one attached hydrogen (secondary N) is 1. The molecule has 0 aromatic heterocycles. The van der Waals surface area contributed by atoms with Crippen molar-refractivity contribution in [3.8, 4) is 11.5 Å². The lowest BCUT2D eigenvalue weighted by Gasteiger charge is -2.09. The maximum absolute atomic E-state index is 11.7. The van der Waals surface area contributed by atoms with E-state index >= 15 is 0 Å². The minimum Gasteiger partial charge on any atom is -0.490 e. The standard InChI is InChI=1S/C18H18BrNO3/c19-14-2-1-3-17(12-14)23-11-10-22-16-8-6-15(7-9-16)20-18(21)13-4-5-13/h1-3,6-9,12-13H,4-5,10-11H2,(H,20,21). The molecule has 4 nitrogen and oxygen atoms in total. The largest absolute Gasteiger partial charge is 0.490 e. The quantitative estimate of drug-likeness (QED) is 0.735. The van der Waals surface area contributed by atoms with E-state index in [-0.39, 0.29) is 11.8 Å². The summed E-state index contributed by atoms with van der Waals surface area (Å²) in [5, 5.41) is 2.90. The number of hydrogen-bond donors (Lipinski definition) is 1. The van der Waals surface area contributed by atoms with Gasteiger partial charge in [-0.1, -0.05) is 22.0 Å². The summed E-state index contributed by atoms with van der Waals surface area (Å²) in [7, 11) is 0. The molecule has 0 radical (unpaired) electrons. The Hall–Kier alpha value is -2.01. The van der Waals surface area contributed by atoms with Crippen LogP contribution in [-0.4, -0.2) is 19.1 Å². The summed E-state index contributed by atoms with van der Waals surface area (Å²) in [5.41, 5.74) is 0.805. The maximum atomic E-state index is 11.7. The number of carbonyl (C=O) groups is 1. The van der Waals surface area contributed by atoms with Crippen LogP contribution in [0.2, 0.25) is 0 Å². The Balaban J connectivity index is 1.40. The highest BCUT2D eigenvalue weighted by molar-refractivity contribution is 9.10. The number of halogens is 1. The van der Waals surface area contributed by atoms with Gasteiger partial charge >= 0.3 is 0 Å². The number of anilines is 1. The van der Waals surface area contributed by atoms with Gasteiger partial charge in [0, 0.05) is 16.1 Å². The highest BCUT2D eigenvalue weighted by atomic mass is 79.9. The summed E-state index contributed by atoms with van der Waals surface area (Å²) < 4.78 is 12.2. The van der Waals surface area contributed by atoms with E-state index in [4.69, 9.17) is 9.47 Å². The molecule has 23 heavy (non-hydrogen) atoms. The number of benzene rings is 2. The van der Waals surface area contributed by atoms with Crippen LogP contribution in [0.1, 0.15) is 12.8 Å². The van der Waals surface area contributed by atoms with Gasteiger partial charge in [0.2, 0.25) is 5.91 Å². The van der Waals surface area contributed by atoms with Crippen molar-refractivity contribution in [1.29, 1.82) is 0 Å². The molecule has 1 fully saturated rings. The van der Waals surface area contributed by atoms with Crippen molar-refractivity contribution < 1.29 is 14.3 Å². The van der Waals surface area contributed by atoms with E-state index in [1.807, 2.05) is 48.5 Å². The fourth-order valence-corrected chi connectivity index (χ4v) is 2.48. The van der Waals surface area contributed by atoms with Gasteiger partial charge in [-0.3, -0.25) is 4.79 Å². The van der Waals surface area contributed by atoms with Gasteiger partial charge in [0.25, 0.3) is 0 Å². The number of amides is 1. The van der Waals surface area contributed by atoms with Gasteiger partial charge in [0.15, 0.2) is 0 Å². The van der Waals surface area contributed by atoms with E-state index in [1.54, 1.807) is 0 Å². The van der Waals surface area contributed by atoms with Crippen LogP contribution >= 0.6 is 15.9 Å². The molecule has 3 rings (SSSR count). The highest BCUT2D eigenvalue weighted by Gasteiger charge is 2.29. The van der Waals surface area contributed by atoms with Crippen LogP contribution in [0, 0.1) is 5.92 Å². The average molecular weight is 376 g/mol. The normalized spacial score (nSPS) is 13.4. The summed E-state index contributed by atoms with van der Waals surface area (Å²) in [5.74, 6) is 1.88. The average Bonchev–Trinajstić information content (AvgIpc) is 3.38. The van der Waals surface area contributed by atoms with Crippen LogP contribution in [0.5, 0.6) is 11.5 Å². The summed E-state index contributed by atoms with van der Waals surface area (Å²) in [6.45, 7) is 0.927. The molecule has 0 heterocycles. The van der Waals surface area contributed by atoms with Gasteiger partial charge in [-0.2, -0.15) is 0 Å². The lowest BCUT2D eigenvalue weighted by molar-refractivity contribution is -0.117. The van der Waals surface area contributed by atoms with E-state index < -0.39 is 0 Å². The van der Waals surface area contributed by atoms with E-state index in [9.17, 15) is 4.79 Å². The minimum atomic E-state index is 0.112. The molecule has 1 aliphatic rings. The zero-order valence-electron chi connectivity index (χ0n) is 12.6. The maximum Gasteiger partial charge on any atom is 0.227 e. The zero-order valence-corrected chi connectivity index (χ0v) is 14.2. The Morgan fingerprint density at radius 2 is 1.74 bits per heavy atom. The fourth-order valence-electron chi connectivity index (χ4n) is 2.10. The first-order chi connectivity index (χ1) is 11.2. The first kappa shape index (κ1) is 15.9. The monoisotopic (exact) mass is 375 g/mol. The molecule has 1 N–H and O–H groups in total. The van der Waals surface area contributed by atoms with Crippen molar-refractivity contribution in [2.24, 2.45) is 5.92 Å². The lowest BCUT2D eigenvalue weighted by atomic mass is 10.3. The molecule has 120 valence electrons. The Kier molecular flexibility index (Phi) is 5.18. The van der Waals surface area contributed by atoms with Gasteiger partial charge in [-0.05, 0) is 55.3 Å². The zero-order chi connectivity index (χ0) is 16.1. The van der Waals surface area contributed by atoms with E-state index in [0.29, 0.717) is 13.2 Å². The third-order valence-electron chi connectivity index (χ3n) is 3.49. The van der Waals surface area contributed by atoms with Gasteiger partial charge < -0.3 is 14.8 Å². The summed E-state index contributed by atoms with van der Waals surface area (Å²) in [6.07, 6.45) is 2.01. The molecule has 5 heteroatoms. The Labute approximate surface area is 143 Å². The first-order valence-electron chi connectivity index (χ1n) is 7.63. The van der Waals surface area contributed by atoms with Crippen LogP contribution in [-0.2, 0) is 4.79 Å². The van der Waals surface area contributed by atoms with Crippen LogP contribution in [0.25, 0.3) is 0 Å². The van der Waals surface area contributed by atoms with E-state index in [0.717, 1.165) is 34.5 Å². The second-order valence-corrected chi connectivity index (χ2v) is 6.36. The molecule has 0 spiro atoms. The van der Waals surface area contributed by atoms with E-state index in [1.165, 1.54) is 0 Å². The summed E-state index contributed by atoms with van der Waals surface area (Å²) in [6, 6.07) is 15.1. The third kappa shape index (κ3) is 4.99. The minimum absolute atomic E-state index is 0.112. The molecule has 0 atom stereocenters. The van der Waals surface area contributed by atoms with Crippen LogP contribution in [0.4, 0.5) is 5.69 Å². The molecular formula is C18H18BrNO3. The second-order valence-electron chi connectivity index (χ2n) is 5.44. The van der Waals surface area contributed by atoms with Crippen molar-refractivity contribution in [1.82, 2.24) is 0 Å². The lowest BCUT2D eigenvalue weighted by Crippen LogP contribution is -2.13. The Morgan fingerprint density at radius 3 is 2.39 bits per heavy atom. The third-order valence-corrected chi connectivity index (χ3v) is 3.98. The van der Waals surface area contributed by atoms with Gasteiger partial charge in [-0.25, -0.2) is 0 Å². The van der Waals surface area contributed by atoms with Crippen molar-refractivity contribution in [3.05, 3.63) is 53.0 Å². The molecule has 1 amide bonds. The molecule has 0 aliphatic heterocycles. The molecule has 0 saturated heterocycles. The first-order valence-corrected chi connectivity index (χ1v) is 8.42. The molecule has 0 bridgehead atoms. The fraction of sp³-hybridized carbons (Fsp3) is 0.278. The topological polar surface area (TPSA) is 47.6 Å². The molecular weight excluding hydrogens is 358 g/mol. The van der Waals surface area contributed by atoms with Crippen molar-refractivity contribution in [3.63, 3.8) is 0 Å². The predicted molar refractivity (Wildman–Crippen MR) is 92.9 cm³/mol. The molecule has 1 aliphatic carbocycles. The summed E-state index contributed by atoms with van der Waals surface area (Å²) >= 11 is 3.40. The Morgan fingerprint density at radius 1 is 1.04 bits per heavy atom. The Bertz CT molecular complexity index is 668. The van der Waals surface area contributed by atoms with Gasteiger partial charge in [0.05, 0.1) is 0 Å². The van der Waals surface area contributed by atoms with E-state index in [2.05, 4.69) is 21.2 Å². The number of ether oxygens (including phenoxy) is 2. The van der Waals surface area contributed by atoms with Crippen LogP contribution in [0.3, 0.4) is 0 Å². The summed E-state index contributed by atoms with van der Waals surface area (Å²) in [4.78, 5) is 11.7. The molecule has 0 unspecified atom stereocenters. The second kappa shape index (κ2) is 7.51.